The van der Waals surface area contributed by atoms with Gasteiger partial charge in [-0.3, -0.25) is 9.48 Å². The minimum absolute atomic E-state index is 0.147. The molecule has 0 aliphatic carbocycles. The second-order valence-corrected chi connectivity index (χ2v) is 4.33. The summed E-state index contributed by atoms with van der Waals surface area (Å²) >= 11 is 0. The van der Waals surface area contributed by atoms with Gasteiger partial charge < -0.3 is 4.74 Å². The van der Waals surface area contributed by atoms with Crippen LogP contribution in [-0.2, 0) is 6.54 Å². The van der Waals surface area contributed by atoms with Crippen LogP contribution in [0.1, 0.15) is 23.7 Å². The van der Waals surface area contributed by atoms with Gasteiger partial charge >= 0.3 is 6.61 Å². The van der Waals surface area contributed by atoms with Crippen molar-refractivity contribution in [1.29, 1.82) is 0 Å². The summed E-state index contributed by atoms with van der Waals surface area (Å²) in [6, 6.07) is 3.20. The number of aryl methyl sites for hydroxylation is 1. The van der Waals surface area contributed by atoms with Crippen molar-refractivity contribution in [1.82, 2.24) is 9.78 Å². The zero-order valence-electron chi connectivity index (χ0n) is 11.2. The van der Waals surface area contributed by atoms with Crippen LogP contribution >= 0.6 is 0 Å². The van der Waals surface area contributed by atoms with E-state index in [1.165, 1.54) is 16.9 Å². The van der Waals surface area contributed by atoms with Crippen LogP contribution in [0.5, 0.6) is 5.75 Å². The first-order valence-corrected chi connectivity index (χ1v) is 6.32. The van der Waals surface area contributed by atoms with Crippen molar-refractivity contribution < 1.29 is 22.7 Å². The summed E-state index contributed by atoms with van der Waals surface area (Å²) in [5.41, 5.74) is 0.567. The van der Waals surface area contributed by atoms with Crippen molar-refractivity contribution in [2.24, 2.45) is 0 Å². The number of carbonyl (C=O) groups excluding carboxylic acids is 1. The van der Waals surface area contributed by atoms with E-state index in [-0.39, 0.29) is 22.6 Å². The van der Waals surface area contributed by atoms with Gasteiger partial charge in [-0.15, -0.1) is 0 Å². The van der Waals surface area contributed by atoms with E-state index in [1.54, 1.807) is 0 Å². The number of halogens is 3. The Labute approximate surface area is 119 Å². The Balaban J connectivity index is 2.52. The Hall–Kier alpha value is -2.31. The molecule has 4 nitrogen and oxygen atoms in total. The first kappa shape index (κ1) is 15.1. The Morgan fingerprint density at radius 1 is 1.43 bits per heavy atom. The minimum Gasteiger partial charge on any atom is -0.434 e. The quantitative estimate of drug-likeness (QED) is 0.766. The first-order valence-electron chi connectivity index (χ1n) is 6.32. The number of hydrogen-bond acceptors (Lipinski definition) is 3. The van der Waals surface area contributed by atoms with Gasteiger partial charge in [0.1, 0.15) is 17.3 Å². The zero-order chi connectivity index (χ0) is 15.4. The van der Waals surface area contributed by atoms with Crippen LogP contribution in [0.25, 0.3) is 11.3 Å². The molecule has 1 aromatic heterocycles. The summed E-state index contributed by atoms with van der Waals surface area (Å²) in [5, 5.41) is 4.18. The second kappa shape index (κ2) is 6.43. The molecule has 0 aliphatic rings. The van der Waals surface area contributed by atoms with Crippen molar-refractivity contribution in [3.63, 3.8) is 0 Å². The van der Waals surface area contributed by atoms with Crippen LogP contribution in [0.3, 0.4) is 0 Å². The summed E-state index contributed by atoms with van der Waals surface area (Å²) in [6.07, 6.45) is 2.88. The Kier molecular flexibility index (Phi) is 4.62. The smallest absolute Gasteiger partial charge is 0.387 e. The fraction of sp³-hybridized carbons (Fsp3) is 0.286. The van der Waals surface area contributed by atoms with E-state index in [1.807, 2.05) is 6.92 Å². The van der Waals surface area contributed by atoms with Gasteiger partial charge in [-0.2, -0.15) is 13.9 Å². The lowest BCUT2D eigenvalue weighted by Gasteiger charge is -2.09. The molecule has 0 bridgehead atoms. The summed E-state index contributed by atoms with van der Waals surface area (Å²) in [5.74, 6) is -1.06. The van der Waals surface area contributed by atoms with Crippen LogP contribution in [0.4, 0.5) is 13.2 Å². The molecule has 0 amide bonds. The molecule has 21 heavy (non-hydrogen) atoms. The molecular weight excluding hydrogens is 285 g/mol. The van der Waals surface area contributed by atoms with E-state index in [4.69, 9.17) is 0 Å². The maximum Gasteiger partial charge on any atom is 0.387 e. The van der Waals surface area contributed by atoms with E-state index in [2.05, 4.69) is 9.84 Å². The Morgan fingerprint density at radius 2 is 2.19 bits per heavy atom. The molecule has 0 aliphatic heterocycles. The van der Waals surface area contributed by atoms with Crippen molar-refractivity contribution >= 4 is 6.29 Å². The van der Waals surface area contributed by atoms with E-state index in [0.717, 1.165) is 18.6 Å². The fourth-order valence-electron chi connectivity index (χ4n) is 1.96. The molecule has 0 spiro atoms. The van der Waals surface area contributed by atoms with E-state index >= 15 is 0 Å². The van der Waals surface area contributed by atoms with E-state index < -0.39 is 12.4 Å². The van der Waals surface area contributed by atoms with Gasteiger partial charge in [0.25, 0.3) is 0 Å². The monoisotopic (exact) mass is 298 g/mol. The summed E-state index contributed by atoms with van der Waals surface area (Å²) < 4.78 is 43.9. The Bertz CT molecular complexity index is 641. The highest BCUT2D eigenvalue weighted by molar-refractivity contribution is 5.87. The van der Waals surface area contributed by atoms with Crippen molar-refractivity contribution in [2.45, 2.75) is 26.5 Å². The van der Waals surface area contributed by atoms with Crippen molar-refractivity contribution in [3.8, 4) is 17.0 Å². The topological polar surface area (TPSA) is 44.1 Å². The Morgan fingerprint density at radius 3 is 2.81 bits per heavy atom. The van der Waals surface area contributed by atoms with Crippen molar-refractivity contribution in [3.05, 3.63) is 35.8 Å². The molecule has 0 fully saturated rings. The van der Waals surface area contributed by atoms with Gasteiger partial charge in [-0.05, 0) is 18.6 Å². The summed E-state index contributed by atoms with van der Waals surface area (Å²) in [6.45, 7) is -0.582. The average molecular weight is 298 g/mol. The highest BCUT2D eigenvalue weighted by Crippen LogP contribution is 2.32. The molecule has 0 saturated carbocycles. The lowest BCUT2D eigenvalue weighted by atomic mass is 10.1. The van der Waals surface area contributed by atoms with Crippen LogP contribution < -0.4 is 4.74 Å². The normalized spacial score (nSPS) is 10.9. The predicted molar refractivity (Wildman–Crippen MR) is 69.9 cm³/mol. The molecule has 2 aromatic rings. The molecule has 0 unspecified atom stereocenters. The highest BCUT2D eigenvalue weighted by Gasteiger charge is 2.18. The fourth-order valence-corrected chi connectivity index (χ4v) is 1.96. The molecule has 7 heteroatoms. The largest absolute Gasteiger partial charge is 0.434 e. The SMILES string of the molecule is CCCn1cc(C=O)c(-c2ccc(F)cc2OC(F)F)n1. The van der Waals surface area contributed by atoms with Crippen LogP contribution in [-0.4, -0.2) is 22.7 Å². The molecule has 1 aromatic carbocycles. The third kappa shape index (κ3) is 3.42. The summed E-state index contributed by atoms with van der Waals surface area (Å²) in [4.78, 5) is 11.1. The molecule has 0 atom stereocenters. The molecule has 1 heterocycles. The first-order chi connectivity index (χ1) is 10.0. The lowest BCUT2D eigenvalue weighted by molar-refractivity contribution is -0.0496. The second-order valence-electron chi connectivity index (χ2n) is 4.33. The molecular formula is C14H13F3N2O2. The number of aldehydes is 1. The average Bonchev–Trinajstić information content (AvgIpc) is 2.81. The van der Waals surface area contributed by atoms with Crippen LogP contribution in [0, 0.1) is 5.82 Å². The van der Waals surface area contributed by atoms with Gasteiger partial charge in [0.2, 0.25) is 0 Å². The van der Waals surface area contributed by atoms with Gasteiger partial charge in [0, 0.05) is 24.4 Å². The van der Waals surface area contributed by atoms with Crippen LogP contribution in [0.15, 0.2) is 24.4 Å². The van der Waals surface area contributed by atoms with Gasteiger partial charge in [0.05, 0.1) is 5.56 Å². The number of benzene rings is 1. The number of carbonyl (C=O) groups is 1. The summed E-state index contributed by atoms with van der Waals surface area (Å²) in [7, 11) is 0. The zero-order valence-corrected chi connectivity index (χ0v) is 11.2. The van der Waals surface area contributed by atoms with E-state index in [9.17, 15) is 18.0 Å². The highest BCUT2D eigenvalue weighted by atomic mass is 19.3. The molecule has 112 valence electrons. The maximum atomic E-state index is 13.2. The number of rotatable bonds is 6. The molecule has 2 rings (SSSR count). The lowest BCUT2D eigenvalue weighted by Crippen LogP contribution is -2.04. The number of ether oxygens (including phenoxy) is 1. The minimum atomic E-state index is -3.09. The number of hydrogen-bond donors (Lipinski definition) is 0. The van der Waals surface area contributed by atoms with E-state index in [0.29, 0.717) is 12.8 Å². The maximum absolute atomic E-state index is 13.2. The van der Waals surface area contributed by atoms with Crippen molar-refractivity contribution in [2.75, 3.05) is 0 Å². The van der Waals surface area contributed by atoms with Crippen LogP contribution in [0.2, 0.25) is 0 Å². The van der Waals surface area contributed by atoms with Gasteiger partial charge in [0.15, 0.2) is 6.29 Å². The molecule has 0 saturated heterocycles. The van der Waals surface area contributed by atoms with Gasteiger partial charge in [-0.1, -0.05) is 6.92 Å². The third-order valence-electron chi connectivity index (χ3n) is 2.78. The standard InChI is InChI=1S/C14H13F3N2O2/c1-2-5-19-7-9(8-20)13(18-19)11-4-3-10(15)6-12(11)21-14(16)17/h3-4,6-8,14H,2,5H2,1H3. The number of nitrogens with zero attached hydrogens (tertiary/aromatic N) is 2. The third-order valence-corrected chi connectivity index (χ3v) is 2.78. The predicted octanol–water partition coefficient (Wildman–Crippen LogP) is 3.51. The molecule has 0 N–H and O–H groups in total. The number of aromatic nitrogens is 2. The van der Waals surface area contributed by atoms with Gasteiger partial charge in [-0.25, -0.2) is 4.39 Å². The number of alkyl halides is 2. The molecule has 0 radical (unpaired) electrons.